The lowest BCUT2D eigenvalue weighted by molar-refractivity contribution is 0.0986. The molecule has 0 bridgehead atoms. The molecule has 0 aliphatic rings. The van der Waals surface area contributed by atoms with Crippen LogP contribution in [0.15, 0.2) is 23.1 Å². The molecule has 0 aromatic heterocycles. The number of ketones is 1. The average Bonchev–Trinajstić information content (AvgIpc) is 2.17. The fourth-order valence-electron chi connectivity index (χ4n) is 1.16. The Bertz CT molecular complexity index is 341. The molecule has 2 N–H and O–H groups in total. The second-order valence-corrected chi connectivity index (χ2v) is 4.05. The molecule has 0 fully saturated rings. The fourth-order valence-corrected chi connectivity index (χ4v) is 1.99. The first-order valence-corrected chi connectivity index (χ1v) is 5.97. The molecule has 1 rings (SSSR count). The topological polar surface area (TPSA) is 43.1 Å². The predicted molar refractivity (Wildman–Crippen MR) is 62.3 cm³/mol. The first-order valence-electron chi connectivity index (χ1n) is 4.21. The summed E-state index contributed by atoms with van der Waals surface area (Å²) >= 11 is 7.04. The Kier molecular flexibility index (Phi) is 4.29. The van der Waals surface area contributed by atoms with Crippen LogP contribution < -0.4 is 5.73 Å². The molecule has 1 aromatic carbocycles. The van der Waals surface area contributed by atoms with Crippen molar-refractivity contribution in [2.45, 2.75) is 11.3 Å². The lowest BCUT2D eigenvalue weighted by Gasteiger charge is -2.06. The number of anilines is 1. The van der Waals surface area contributed by atoms with Crippen LogP contribution in [0.2, 0.25) is 0 Å². The number of nitrogens with two attached hydrogens (primary N) is 1. The van der Waals surface area contributed by atoms with Crippen molar-refractivity contribution in [3.8, 4) is 0 Å². The van der Waals surface area contributed by atoms with E-state index in [1.807, 2.05) is 12.3 Å². The zero-order valence-corrected chi connectivity index (χ0v) is 9.49. The second kappa shape index (κ2) is 5.27. The number of Topliss-reactive ketones (excluding diaryl/α,β-unsaturated/α-hetero) is 1. The van der Waals surface area contributed by atoms with Crippen molar-refractivity contribution in [3.05, 3.63) is 23.8 Å². The highest BCUT2D eigenvalue weighted by atomic mass is 35.5. The molecular formula is C10H12ClNOS. The number of nitrogen functional groups attached to an aromatic ring is 1. The number of rotatable bonds is 4. The summed E-state index contributed by atoms with van der Waals surface area (Å²) in [5.41, 5.74) is 7.02. The van der Waals surface area contributed by atoms with E-state index >= 15 is 0 Å². The number of carbonyl (C=O) groups is 1. The normalized spacial score (nSPS) is 10.1. The van der Waals surface area contributed by atoms with Gasteiger partial charge in [-0.05, 0) is 24.5 Å². The van der Waals surface area contributed by atoms with Crippen molar-refractivity contribution in [3.63, 3.8) is 0 Å². The average molecular weight is 230 g/mol. The summed E-state index contributed by atoms with van der Waals surface area (Å²) in [6, 6.07) is 5.31. The third-order valence-electron chi connectivity index (χ3n) is 1.85. The molecule has 0 radical (unpaired) electrons. The number of benzene rings is 1. The van der Waals surface area contributed by atoms with Crippen LogP contribution in [0.3, 0.4) is 0 Å². The van der Waals surface area contributed by atoms with Crippen LogP contribution in [0, 0.1) is 0 Å². The van der Waals surface area contributed by atoms with E-state index < -0.39 is 0 Å². The Labute approximate surface area is 92.8 Å². The lowest BCUT2D eigenvalue weighted by Crippen LogP contribution is -2.02. The van der Waals surface area contributed by atoms with Crippen molar-refractivity contribution in [1.29, 1.82) is 0 Å². The van der Waals surface area contributed by atoms with Crippen molar-refractivity contribution < 1.29 is 4.79 Å². The highest BCUT2D eigenvalue weighted by Gasteiger charge is 2.10. The van der Waals surface area contributed by atoms with E-state index in [0.29, 0.717) is 23.6 Å². The lowest BCUT2D eigenvalue weighted by atomic mass is 10.1. The maximum atomic E-state index is 11.6. The highest BCUT2D eigenvalue weighted by molar-refractivity contribution is 7.98. The van der Waals surface area contributed by atoms with Gasteiger partial charge in [-0.25, -0.2) is 0 Å². The summed E-state index contributed by atoms with van der Waals surface area (Å²) in [5, 5.41) is 0. The van der Waals surface area contributed by atoms with Gasteiger partial charge in [0, 0.05) is 28.4 Å². The number of carbonyl (C=O) groups excluding carboxylic acids is 1. The van der Waals surface area contributed by atoms with Gasteiger partial charge >= 0.3 is 0 Å². The van der Waals surface area contributed by atoms with Gasteiger partial charge in [-0.1, -0.05) is 0 Å². The minimum absolute atomic E-state index is 0.0735. The van der Waals surface area contributed by atoms with Gasteiger partial charge in [-0.3, -0.25) is 4.79 Å². The molecule has 2 nitrogen and oxygen atoms in total. The maximum Gasteiger partial charge on any atom is 0.165 e. The molecule has 0 amide bonds. The van der Waals surface area contributed by atoms with E-state index in [2.05, 4.69) is 0 Å². The predicted octanol–water partition coefficient (Wildman–Crippen LogP) is 2.80. The zero-order chi connectivity index (χ0) is 10.6. The molecule has 76 valence electrons. The Morgan fingerprint density at radius 2 is 2.29 bits per heavy atom. The second-order valence-electron chi connectivity index (χ2n) is 2.82. The fraction of sp³-hybridized carbons (Fsp3) is 0.300. The van der Waals surface area contributed by atoms with Gasteiger partial charge in [0.25, 0.3) is 0 Å². The molecule has 0 atom stereocenters. The Balaban J connectivity index is 3.01. The molecule has 0 aliphatic carbocycles. The van der Waals surface area contributed by atoms with Crippen LogP contribution in [0.25, 0.3) is 0 Å². The van der Waals surface area contributed by atoms with Crippen LogP contribution in [0.5, 0.6) is 0 Å². The maximum absolute atomic E-state index is 11.6. The van der Waals surface area contributed by atoms with Crippen LogP contribution in [0.1, 0.15) is 16.8 Å². The van der Waals surface area contributed by atoms with Crippen LogP contribution >= 0.6 is 23.4 Å². The van der Waals surface area contributed by atoms with Gasteiger partial charge in [0.15, 0.2) is 5.78 Å². The van der Waals surface area contributed by atoms with E-state index in [-0.39, 0.29) is 5.78 Å². The van der Waals surface area contributed by atoms with Gasteiger partial charge in [0.1, 0.15) is 0 Å². The SMILES string of the molecule is CSc1cc(N)ccc1C(=O)CCCl. The molecule has 1 aromatic rings. The largest absolute Gasteiger partial charge is 0.399 e. The van der Waals surface area contributed by atoms with Crippen molar-refractivity contribution >= 4 is 34.8 Å². The van der Waals surface area contributed by atoms with Gasteiger partial charge in [-0.15, -0.1) is 23.4 Å². The Hall–Kier alpha value is -0.670. The number of thioether (sulfide) groups is 1. The summed E-state index contributed by atoms with van der Waals surface area (Å²) in [4.78, 5) is 12.5. The van der Waals surface area contributed by atoms with E-state index in [1.165, 1.54) is 11.8 Å². The third-order valence-corrected chi connectivity index (χ3v) is 2.81. The van der Waals surface area contributed by atoms with Crippen LogP contribution in [-0.4, -0.2) is 17.9 Å². The first-order chi connectivity index (χ1) is 6.69. The zero-order valence-electron chi connectivity index (χ0n) is 7.92. The van der Waals surface area contributed by atoms with Gasteiger partial charge in [0.05, 0.1) is 0 Å². The number of halogens is 1. The Morgan fingerprint density at radius 1 is 1.57 bits per heavy atom. The molecule has 0 saturated heterocycles. The Morgan fingerprint density at radius 3 is 2.86 bits per heavy atom. The number of alkyl halides is 1. The number of hydrogen-bond acceptors (Lipinski definition) is 3. The van der Waals surface area contributed by atoms with E-state index in [9.17, 15) is 4.79 Å². The van der Waals surface area contributed by atoms with Crippen molar-refractivity contribution in [2.24, 2.45) is 0 Å². The molecule has 0 aliphatic heterocycles. The van der Waals surface area contributed by atoms with E-state index in [4.69, 9.17) is 17.3 Å². The minimum Gasteiger partial charge on any atom is -0.399 e. The van der Waals surface area contributed by atoms with Crippen molar-refractivity contribution in [2.75, 3.05) is 17.9 Å². The summed E-state index contributed by atoms with van der Waals surface area (Å²) < 4.78 is 0. The molecule has 0 heterocycles. The monoisotopic (exact) mass is 229 g/mol. The standard InChI is InChI=1S/C10H12ClNOS/c1-14-10-6-7(12)2-3-8(10)9(13)4-5-11/h2-3,6H,4-5,12H2,1H3. The van der Waals surface area contributed by atoms with E-state index in [1.54, 1.807) is 12.1 Å². The summed E-state index contributed by atoms with van der Waals surface area (Å²) in [6.07, 6.45) is 2.30. The van der Waals surface area contributed by atoms with Crippen LogP contribution in [0.4, 0.5) is 5.69 Å². The summed E-state index contributed by atoms with van der Waals surface area (Å²) in [5.74, 6) is 0.432. The molecule has 4 heteroatoms. The third kappa shape index (κ3) is 2.66. The first kappa shape index (κ1) is 11.4. The highest BCUT2D eigenvalue weighted by Crippen LogP contribution is 2.24. The quantitative estimate of drug-likeness (QED) is 0.374. The van der Waals surface area contributed by atoms with Crippen LogP contribution in [-0.2, 0) is 0 Å². The molecule has 0 unspecified atom stereocenters. The molecular weight excluding hydrogens is 218 g/mol. The van der Waals surface area contributed by atoms with Gasteiger partial charge in [0.2, 0.25) is 0 Å². The number of hydrogen-bond donors (Lipinski definition) is 1. The molecule has 0 saturated carbocycles. The summed E-state index contributed by atoms with van der Waals surface area (Å²) in [6.45, 7) is 0. The molecule has 14 heavy (non-hydrogen) atoms. The minimum atomic E-state index is 0.0735. The van der Waals surface area contributed by atoms with E-state index in [0.717, 1.165) is 4.90 Å². The van der Waals surface area contributed by atoms with Gasteiger partial charge in [-0.2, -0.15) is 0 Å². The van der Waals surface area contributed by atoms with Gasteiger partial charge < -0.3 is 5.73 Å². The summed E-state index contributed by atoms with van der Waals surface area (Å²) in [7, 11) is 0. The molecule has 0 spiro atoms. The smallest absolute Gasteiger partial charge is 0.165 e. The van der Waals surface area contributed by atoms with Crippen molar-refractivity contribution in [1.82, 2.24) is 0 Å².